The zero-order valence-electron chi connectivity index (χ0n) is 13.6. The van der Waals surface area contributed by atoms with Crippen LogP contribution < -0.4 is 5.32 Å². The van der Waals surface area contributed by atoms with Crippen LogP contribution in [0, 0.1) is 5.92 Å². The minimum Gasteiger partial charge on any atom is -0.319 e. The van der Waals surface area contributed by atoms with Gasteiger partial charge in [-0.1, -0.05) is 71.7 Å². The summed E-state index contributed by atoms with van der Waals surface area (Å²) in [6.45, 7) is 12.5. The number of nitrogens with one attached hydrogen (secondary N) is 1. The molecule has 108 valence electrons. The maximum absolute atomic E-state index is 3.36. The molecule has 1 heteroatoms. The summed E-state index contributed by atoms with van der Waals surface area (Å²) in [5.41, 5.74) is 3.14. The van der Waals surface area contributed by atoms with Gasteiger partial charge in [-0.2, -0.15) is 0 Å². The molecule has 1 aromatic rings. The van der Waals surface area contributed by atoms with E-state index < -0.39 is 0 Å². The lowest BCUT2D eigenvalue weighted by atomic mass is 9.80. The summed E-state index contributed by atoms with van der Waals surface area (Å²) in [5.74, 6) is 1.40. The predicted molar refractivity (Wildman–Crippen MR) is 85.9 cm³/mol. The van der Waals surface area contributed by atoms with Crippen LogP contribution in [-0.2, 0) is 5.41 Å². The molecule has 1 N–H and O–H groups in total. The van der Waals surface area contributed by atoms with Crippen LogP contribution in [0.1, 0.15) is 64.5 Å². The highest BCUT2D eigenvalue weighted by Gasteiger charge is 2.20. The molecule has 0 aromatic heterocycles. The molecular weight excluding hydrogens is 230 g/mol. The highest BCUT2D eigenvalue weighted by atomic mass is 14.8. The lowest BCUT2D eigenvalue weighted by molar-refractivity contribution is 0.387. The first-order valence-electron chi connectivity index (χ1n) is 7.69. The predicted octanol–water partition coefficient (Wildman–Crippen LogP) is 4.72. The molecule has 0 radical (unpaired) electrons. The van der Waals surface area contributed by atoms with Gasteiger partial charge in [0.2, 0.25) is 0 Å². The number of benzene rings is 1. The molecule has 0 aliphatic rings. The largest absolute Gasteiger partial charge is 0.319 e. The van der Waals surface area contributed by atoms with Crippen molar-refractivity contribution >= 4 is 0 Å². The monoisotopic (exact) mass is 261 g/mol. The van der Waals surface area contributed by atoms with E-state index in [1.807, 2.05) is 0 Å². The maximum atomic E-state index is 3.36. The van der Waals surface area contributed by atoms with Gasteiger partial charge < -0.3 is 5.32 Å². The van der Waals surface area contributed by atoms with Crippen molar-refractivity contribution in [3.8, 4) is 0 Å². The molecule has 0 bridgehead atoms. The Balaban J connectivity index is 2.97. The minimum absolute atomic E-state index is 0.242. The fourth-order valence-electron chi connectivity index (χ4n) is 2.86. The molecule has 0 heterocycles. The van der Waals surface area contributed by atoms with Crippen LogP contribution in [0.4, 0.5) is 0 Å². The number of hydrogen-bond acceptors (Lipinski definition) is 1. The normalized spacial score (nSPS) is 13.8. The van der Waals surface area contributed by atoms with Gasteiger partial charge in [0.05, 0.1) is 0 Å². The topological polar surface area (TPSA) is 12.0 Å². The van der Waals surface area contributed by atoms with Gasteiger partial charge in [0.25, 0.3) is 0 Å². The standard InChI is InChI=1S/C18H31N/c1-7-14(8-2)17(13-19-6)15-9-11-16(12-10-15)18(3,4)5/h9-12,14,17,19H,7-8,13H2,1-6H3. The molecule has 0 saturated heterocycles. The fourth-order valence-corrected chi connectivity index (χ4v) is 2.86. The van der Waals surface area contributed by atoms with Gasteiger partial charge >= 0.3 is 0 Å². The Labute approximate surface area is 119 Å². The third kappa shape index (κ3) is 4.35. The lowest BCUT2D eigenvalue weighted by Crippen LogP contribution is -2.24. The molecule has 0 spiro atoms. The molecular formula is C18H31N. The van der Waals surface area contributed by atoms with E-state index in [0.717, 1.165) is 12.5 Å². The molecule has 1 nitrogen and oxygen atoms in total. The van der Waals surface area contributed by atoms with E-state index in [4.69, 9.17) is 0 Å². The van der Waals surface area contributed by atoms with Crippen LogP contribution in [0.3, 0.4) is 0 Å². The van der Waals surface area contributed by atoms with Crippen LogP contribution >= 0.6 is 0 Å². The summed E-state index contributed by atoms with van der Waals surface area (Å²) in [6.07, 6.45) is 2.51. The van der Waals surface area contributed by atoms with Crippen LogP contribution in [0.2, 0.25) is 0 Å². The molecule has 0 saturated carbocycles. The number of rotatable bonds is 6. The average molecular weight is 261 g/mol. The summed E-state index contributed by atoms with van der Waals surface area (Å²) in [4.78, 5) is 0. The van der Waals surface area contributed by atoms with E-state index in [-0.39, 0.29) is 5.41 Å². The zero-order valence-corrected chi connectivity index (χ0v) is 13.6. The van der Waals surface area contributed by atoms with Crippen LogP contribution in [0.15, 0.2) is 24.3 Å². The average Bonchev–Trinajstić information content (AvgIpc) is 2.38. The second-order valence-electron chi connectivity index (χ2n) is 6.61. The number of hydrogen-bond donors (Lipinski definition) is 1. The van der Waals surface area contributed by atoms with Gasteiger partial charge in [-0.3, -0.25) is 0 Å². The summed E-state index contributed by atoms with van der Waals surface area (Å²) >= 11 is 0. The van der Waals surface area contributed by atoms with E-state index in [1.165, 1.54) is 24.0 Å². The van der Waals surface area contributed by atoms with Crippen molar-refractivity contribution in [2.24, 2.45) is 5.92 Å². The van der Waals surface area contributed by atoms with Gasteiger partial charge in [-0.05, 0) is 35.4 Å². The molecule has 1 unspecified atom stereocenters. The van der Waals surface area contributed by atoms with Crippen LogP contribution in [0.25, 0.3) is 0 Å². The molecule has 1 rings (SSSR count). The van der Waals surface area contributed by atoms with Crippen molar-refractivity contribution in [3.63, 3.8) is 0 Å². The maximum Gasteiger partial charge on any atom is 0.00198 e. The minimum atomic E-state index is 0.242. The lowest BCUT2D eigenvalue weighted by Gasteiger charge is -2.27. The molecule has 0 fully saturated rings. The summed E-state index contributed by atoms with van der Waals surface area (Å²) in [6, 6.07) is 9.28. The van der Waals surface area contributed by atoms with E-state index in [2.05, 4.69) is 71.2 Å². The highest BCUT2D eigenvalue weighted by Crippen LogP contribution is 2.31. The van der Waals surface area contributed by atoms with Crippen LogP contribution in [0.5, 0.6) is 0 Å². The van der Waals surface area contributed by atoms with Crippen molar-refractivity contribution in [1.82, 2.24) is 5.32 Å². The Kier molecular flexibility index (Phi) is 6.06. The summed E-state index contributed by atoms with van der Waals surface area (Å²) in [7, 11) is 2.05. The zero-order chi connectivity index (χ0) is 14.5. The van der Waals surface area contributed by atoms with Gasteiger partial charge in [-0.25, -0.2) is 0 Å². The Hall–Kier alpha value is -0.820. The first-order valence-corrected chi connectivity index (χ1v) is 7.69. The van der Waals surface area contributed by atoms with Gasteiger partial charge in [0.1, 0.15) is 0 Å². The molecule has 1 atom stereocenters. The fraction of sp³-hybridized carbons (Fsp3) is 0.667. The quantitative estimate of drug-likeness (QED) is 0.781. The van der Waals surface area contributed by atoms with Crippen molar-refractivity contribution in [2.75, 3.05) is 13.6 Å². The van der Waals surface area contributed by atoms with E-state index >= 15 is 0 Å². The Morgan fingerprint density at radius 1 is 1.00 bits per heavy atom. The van der Waals surface area contributed by atoms with E-state index in [0.29, 0.717) is 5.92 Å². The molecule has 0 aliphatic carbocycles. The second-order valence-corrected chi connectivity index (χ2v) is 6.61. The van der Waals surface area contributed by atoms with Crippen LogP contribution in [-0.4, -0.2) is 13.6 Å². The van der Waals surface area contributed by atoms with Crippen molar-refractivity contribution in [2.45, 2.75) is 58.8 Å². The van der Waals surface area contributed by atoms with Gasteiger partial charge in [-0.15, -0.1) is 0 Å². The molecule has 0 aliphatic heterocycles. The molecule has 1 aromatic carbocycles. The van der Waals surface area contributed by atoms with Gasteiger partial charge in [0, 0.05) is 6.54 Å². The third-order valence-corrected chi connectivity index (χ3v) is 4.25. The first-order chi connectivity index (χ1) is 8.93. The van der Waals surface area contributed by atoms with Crippen molar-refractivity contribution < 1.29 is 0 Å². The molecule has 19 heavy (non-hydrogen) atoms. The van der Waals surface area contributed by atoms with Gasteiger partial charge in [0.15, 0.2) is 0 Å². The van der Waals surface area contributed by atoms with E-state index in [9.17, 15) is 0 Å². The SMILES string of the molecule is CCC(CC)C(CNC)c1ccc(C(C)(C)C)cc1. The summed E-state index contributed by atoms with van der Waals surface area (Å²) < 4.78 is 0. The van der Waals surface area contributed by atoms with Crippen molar-refractivity contribution in [3.05, 3.63) is 35.4 Å². The first kappa shape index (κ1) is 16.2. The smallest absolute Gasteiger partial charge is 0.00198 e. The Morgan fingerprint density at radius 3 is 1.89 bits per heavy atom. The Morgan fingerprint density at radius 2 is 1.53 bits per heavy atom. The Bertz CT molecular complexity index is 354. The summed E-state index contributed by atoms with van der Waals surface area (Å²) in [5, 5.41) is 3.36. The molecule has 0 amide bonds. The third-order valence-electron chi connectivity index (χ3n) is 4.25. The number of likely N-dealkylation sites (N-methyl/N-ethyl adjacent to an activating group) is 1. The highest BCUT2D eigenvalue weighted by molar-refractivity contribution is 5.30. The second kappa shape index (κ2) is 7.09. The van der Waals surface area contributed by atoms with Crippen molar-refractivity contribution in [1.29, 1.82) is 0 Å². The van der Waals surface area contributed by atoms with E-state index in [1.54, 1.807) is 0 Å².